The minimum atomic E-state index is 0.108. The lowest BCUT2D eigenvalue weighted by Crippen LogP contribution is -2.11. The average Bonchev–Trinajstić information content (AvgIpc) is 2.52. The van der Waals surface area contributed by atoms with E-state index in [0.29, 0.717) is 0 Å². The largest absolute Gasteiger partial charge is 0.396 e. The Bertz CT molecular complexity index is 278. The van der Waals surface area contributed by atoms with Crippen molar-refractivity contribution in [2.24, 2.45) is 0 Å². The van der Waals surface area contributed by atoms with Crippen LogP contribution in [0.1, 0.15) is 32.2 Å². The van der Waals surface area contributed by atoms with Crippen molar-refractivity contribution in [1.82, 2.24) is 10.2 Å². The maximum atomic E-state index is 8.63. The SMILES string of the molecule is CC(C)(C)c1cc(CSCCO)[nH]n1. The van der Waals surface area contributed by atoms with Gasteiger partial charge in [-0.25, -0.2) is 0 Å². The molecule has 80 valence electrons. The molecule has 0 bridgehead atoms. The van der Waals surface area contributed by atoms with Crippen LogP contribution in [0, 0.1) is 0 Å². The normalized spacial score (nSPS) is 12.0. The molecule has 0 aromatic carbocycles. The summed E-state index contributed by atoms with van der Waals surface area (Å²) in [5.41, 5.74) is 2.33. The van der Waals surface area contributed by atoms with Crippen molar-refractivity contribution >= 4 is 11.8 Å². The summed E-state index contributed by atoms with van der Waals surface area (Å²) in [4.78, 5) is 0. The molecule has 1 aromatic heterocycles. The van der Waals surface area contributed by atoms with Crippen LogP contribution in [0.15, 0.2) is 6.07 Å². The molecule has 0 aliphatic rings. The van der Waals surface area contributed by atoms with E-state index in [9.17, 15) is 0 Å². The lowest BCUT2D eigenvalue weighted by Gasteiger charge is -2.13. The van der Waals surface area contributed by atoms with Crippen molar-refractivity contribution in [2.45, 2.75) is 31.9 Å². The van der Waals surface area contributed by atoms with E-state index in [1.165, 1.54) is 0 Å². The number of aromatic amines is 1. The van der Waals surface area contributed by atoms with E-state index < -0.39 is 0 Å². The third-order valence-electron chi connectivity index (χ3n) is 1.89. The van der Waals surface area contributed by atoms with Gasteiger partial charge in [0.2, 0.25) is 0 Å². The van der Waals surface area contributed by atoms with Gasteiger partial charge in [-0.05, 0) is 6.07 Å². The second kappa shape index (κ2) is 4.84. The predicted molar refractivity (Wildman–Crippen MR) is 60.5 cm³/mol. The smallest absolute Gasteiger partial charge is 0.0678 e. The Morgan fingerprint density at radius 3 is 2.71 bits per heavy atom. The van der Waals surface area contributed by atoms with Crippen molar-refractivity contribution in [3.63, 3.8) is 0 Å². The average molecular weight is 214 g/mol. The number of H-pyrrole nitrogens is 1. The fourth-order valence-corrected chi connectivity index (χ4v) is 1.71. The summed E-state index contributed by atoms with van der Waals surface area (Å²) in [5, 5.41) is 15.9. The van der Waals surface area contributed by atoms with Crippen molar-refractivity contribution in [3.05, 3.63) is 17.5 Å². The first-order chi connectivity index (χ1) is 6.54. The van der Waals surface area contributed by atoms with Crippen molar-refractivity contribution in [3.8, 4) is 0 Å². The Labute approximate surface area is 89.3 Å². The van der Waals surface area contributed by atoms with Gasteiger partial charge in [-0.2, -0.15) is 16.9 Å². The van der Waals surface area contributed by atoms with E-state index in [4.69, 9.17) is 5.11 Å². The third kappa shape index (κ3) is 3.35. The number of nitrogens with one attached hydrogen (secondary N) is 1. The fourth-order valence-electron chi connectivity index (χ4n) is 1.07. The minimum Gasteiger partial charge on any atom is -0.396 e. The van der Waals surface area contributed by atoms with Crippen LogP contribution in [0.4, 0.5) is 0 Å². The van der Waals surface area contributed by atoms with Crippen LogP contribution in [0.5, 0.6) is 0 Å². The van der Waals surface area contributed by atoms with Gasteiger partial charge in [0.25, 0.3) is 0 Å². The molecule has 0 saturated carbocycles. The Morgan fingerprint density at radius 1 is 1.50 bits per heavy atom. The molecule has 2 N–H and O–H groups in total. The zero-order chi connectivity index (χ0) is 10.6. The first-order valence-corrected chi connectivity index (χ1v) is 5.93. The Kier molecular flexibility index (Phi) is 4.01. The highest BCUT2D eigenvalue weighted by Gasteiger charge is 2.16. The number of hydrogen-bond donors (Lipinski definition) is 2. The summed E-state index contributed by atoms with van der Waals surface area (Å²) in [6, 6.07) is 2.10. The minimum absolute atomic E-state index is 0.108. The first kappa shape index (κ1) is 11.6. The van der Waals surface area contributed by atoms with Crippen LogP contribution >= 0.6 is 11.8 Å². The van der Waals surface area contributed by atoms with Crippen LogP contribution in [-0.2, 0) is 11.2 Å². The van der Waals surface area contributed by atoms with Gasteiger partial charge in [0.05, 0.1) is 12.3 Å². The molecule has 0 spiro atoms. The van der Waals surface area contributed by atoms with Crippen molar-refractivity contribution in [2.75, 3.05) is 12.4 Å². The van der Waals surface area contributed by atoms with E-state index in [-0.39, 0.29) is 12.0 Å². The molecule has 0 fully saturated rings. The van der Waals surface area contributed by atoms with Gasteiger partial charge >= 0.3 is 0 Å². The zero-order valence-corrected chi connectivity index (χ0v) is 9.82. The Balaban J connectivity index is 2.51. The molecule has 0 unspecified atom stereocenters. The van der Waals surface area contributed by atoms with Crippen LogP contribution < -0.4 is 0 Å². The van der Waals surface area contributed by atoms with E-state index in [1.54, 1.807) is 11.8 Å². The monoisotopic (exact) mass is 214 g/mol. The maximum Gasteiger partial charge on any atom is 0.0678 e. The van der Waals surface area contributed by atoms with E-state index >= 15 is 0 Å². The quantitative estimate of drug-likeness (QED) is 0.753. The molecule has 4 heteroatoms. The summed E-state index contributed by atoms with van der Waals surface area (Å²) in [7, 11) is 0. The van der Waals surface area contributed by atoms with Crippen LogP contribution in [0.25, 0.3) is 0 Å². The highest BCUT2D eigenvalue weighted by atomic mass is 32.2. The molecular formula is C10H18N2OS. The summed E-state index contributed by atoms with van der Waals surface area (Å²) in [6.07, 6.45) is 0. The number of aromatic nitrogens is 2. The molecule has 0 aliphatic carbocycles. The third-order valence-corrected chi connectivity index (χ3v) is 2.88. The standard InChI is InChI=1S/C10H18N2OS/c1-10(2,3)9-6-8(11-12-9)7-14-5-4-13/h6,13H,4-5,7H2,1-3H3,(H,11,12). The van der Waals surface area contributed by atoms with Gasteiger partial charge in [-0.1, -0.05) is 20.8 Å². The molecule has 1 rings (SSSR count). The number of thioether (sulfide) groups is 1. The molecule has 3 nitrogen and oxygen atoms in total. The number of nitrogens with zero attached hydrogens (tertiary/aromatic N) is 1. The number of rotatable bonds is 4. The fraction of sp³-hybridized carbons (Fsp3) is 0.700. The topological polar surface area (TPSA) is 48.9 Å². The lowest BCUT2D eigenvalue weighted by atomic mass is 9.92. The predicted octanol–water partition coefficient (Wildman–Crippen LogP) is 1.93. The van der Waals surface area contributed by atoms with Gasteiger partial charge in [-0.3, -0.25) is 5.10 Å². The Morgan fingerprint density at radius 2 is 2.21 bits per heavy atom. The molecule has 0 aliphatic heterocycles. The molecule has 0 amide bonds. The zero-order valence-electron chi connectivity index (χ0n) is 9.00. The molecule has 0 atom stereocenters. The number of aliphatic hydroxyl groups excluding tert-OH is 1. The van der Waals surface area contributed by atoms with Crippen molar-refractivity contribution in [1.29, 1.82) is 0 Å². The second-order valence-electron chi connectivity index (χ2n) is 4.30. The van der Waals surface area contributed by atoms with Crippen LogP contribution in [0.3, 0.4) is 0 Å². The van der Waals surface area contributed by atoms with Gasteiger partial charge in [0, 0.05) is 22.6 Å². The number of hydrogen-bond acceptors (Lipinski definition) is 3. The van der Waals surface area contributed by atoms with E-state index in [1.807, 2.05) is 0 Å². The van der Waals surface area contributed by atoms with Gasteiger partial charge < -0.3 is 5.11 Å². The molecule has 0 radical (unpaired) electrons. The van der Waals surface area contributed by atoms with E-state index in [0.717, 1.165) is 22.9 Å². The highest BCUT2D eigenvalue weighted by Crippen LogP contribution is 2.21. The second-order valence-corrected chi connectivity index (χ2v) is 5.41. The van der Waals surface area contributed by atoms with Crippen molar-refractivity contribution < 1.29 is 5.11 Å². The van der Waals surface area contributed by atoms with Gasteiger partial charge in [-0.15, -0.1) is 0 Å². The van der Waals surface area contributed by atoms with Crippen LogP contribution in [-0.4, -0.2) is 27.7 Å². The summed E-state index contributed by atoms with van der Waals surface area (Å²) in [5.74, 6) is 1.67. The summed E-state index contributed by atoms with van der Waals surface area (Å²) < 4.78 is 0. The van der Waals surface area contributed by atoms with E-state index in [2.05, 4.69) is 37.0 Å². The van der Waals surface area contributed by atoms with Crippen LogP contribution in [0.2, 0.25) is 0 Å². The summed E-state index contributed by atoms with van der Waals surface area (Å²) in [6.45, 7) is 6.68. The maximum absolute atomic E-state index is 8.63. The molecule has 14 heavy (non-hydrogen) atoms. The lowest BCUT2D eigenvalue weighted by molar-refractivity contribution is 0.322. The molecule has 0 saturated heterocycles. The highest BCUT2D eigenvalue weighted by molar-refractivity contribution is 7.98. The molecule has 1 aromatic rings. The number of aliphatic hydroxyl groups is 1. The molecule has 1 heterocycles. The summed E-state index contributed by atoms with van der Waals surface area (Å²) >= 11 is 1.71. The van der Waals surface area contributed by atoms with Gasteiger partial charge in [0.15, 0.2) is 0 Å². The molecular weight excluding hydrogens is 196 g/mol. The Hall–Kier alpha value is -0.480. The first-order valence-electron chi connectivity index (χ1n) is 4.77. The van der Waals surface area contributed by atoms with Gasteiger partial charge in [0.1, 0.15) is 0 Å².